The topological polar surface area (TPSA) is 76.7 Å². The molecule has 6 nitrogen and oxygen atoms in total. The highest BCUT2D eigenvalue weighted by Crippen LogP contribution is 2.17. The molecule has 21 heavy (non-hydrogen) atoms. The van der Waals surface area contributed by atoms with Crippen molar-refractivity contribution in [1.29, 1.82) is 0 Å². The van der Waals surface area contributed by atoms with Gasteiger partial charge in [-0.3, -0.25) is 4.79 Å². The van der Waals surface area contributed by atoms with Crippen molar-refractivity contribution in [2.24, 2.45) is 0 Å². The number of anilines is 1. The van der Waals surface area contributed by atoms with Crippen LogP contribution in [0.15, 0.2) is 24.3 Å². The highest BCUT2D eigenvalue weighted by Gasteiger charge is 2.05. The molecule has 0 fully saturated rings. The van der Waals surface area contributed by atoms with E-state index in [1.165, 1.54) is 0 Å². The van der Waals surface area contributed by atoms with E-state index in [2.05, 4.69) is 10.6 Å². The third-order valence-electron chi connectivity index (χ3n) is 2.38. The lowest BCUT2D eigenvalue weighted by Gasteiger charge is -2.09. The number of carbonyl (C=O) groups is 2. The summed E-state index contributed by atoms with van der Waals surface area (Å²) in [6.07, 6.45) is 0.393. The third kappa shape index (κ3) is 8.16. The van der Waals surface area contributed by atoms with Crippen LogP contribution in [-0.2, 0) is 14.3 Å². The summed E-state index contributed by atoms with van der Waals surface area (Å²) in [5.74, 6) is 0.00215. The van der Waals surface area contributed by atoms with Crippen molar-refractivity contribution in [2.75, 3.05) is 32.1 Å². The fraction of sp³-hybridized carbons (Fsp3) is 0.429. The van der Waals surface area contributed by atoms with Crippen LogP contribution in [0, 0.1) is 0 Å². The maximum absolute atomic E-state index is 11.6. The second kappa shape index (κ2) is 10.9. The standard InChI is InChI=1S/C14H20N2O4.ClH/c1-3-19-14(18)10-20-12-6-4-5-11(9-12)16-13(17)7-8-15-2;/h4-6,9,15H,3,7-8,10H2,1-2H3,(H,16,17);1H. The lowest BCUT2D eigenvalue weighted by atomic mass is 10.3. The van der Waals surface area contributed by atoms with E-state index in [9.17, 15) is 9.59 Å². The van der Waals surface area contributed by atoms with E-state index in [-0.39, 0.29) is 24.9 Å². The molecule has 2 N–H and O–H groups in total. The summed E-state index contributed by atoms with van der Waals surface area (Å²) >= 11 is 0. The lowest BCUT2D eigenvalue weighted by molar-refractivity contribution is -0.145. The second-order valence-corrected chi connectivity index (χ2v) is 4.02. The van der Waals surface area contributed by atoms with E-state index < -0.39 is 5.97 Å². The Labute approximate surface area is 130 Å². The normalized spacial score (nSPS) is 9.43. The van der Waals surface area contributed by atoms with Crippen molar-refractivity contribution in [3.63, 3.8) is 0 Å². The van der Waals surface area contributed by atoms with Gasteiger partial charge in [0.25, 0.3) is 0 Å². The summed E-state index contributed by atoms with van der Waals surface area (Å²) in [6.45, 7) is 2.53. The van der Waals surface area contributed by atoms with Crippen molar-refractivity contribution in [3.05, 3.63) is 24.3 Å². The molecule has 7 heteroatoms. The molecule has 0 aromatic heterocycles. The summed E-state index contributed by atoms with van der Waals surface area (Å²) in [7, 11) is 1.79. The maximum Gasteiger partial charge on any atom is 0.344 e. The predicted molar refractivity (Wildman–Crippen MR) is 83.0 cm³/mol. The molecule has 1 aromatic rings. The fourth-order valence-corrected chi connectivity index (χ4v) is 1.47. The smallest absolute Gasteiger partial charge is 0.344 e. The summed E-state index contributed by atoms with van der Waals surface area (Å²) in [5.41, 5.74) is 0.632. The maximum atomic E-state index is 11.6. The highest BCUT2D eigenvalue weighted by atomic mass is 35.5. The Morgan fingerprint density at radius 3 is 2.71 bits per heavy atom. The first kappa shape index (κ1) is 19.2. The molecule has 0 saturated heterocycles. The Balaban J connectivity index is 0.00000400. The van der Waals surface area contributed by atoms with Crippen LogP contribution in [0.3, 0.4) is 0 Å². The van der Waals surface area contributed by atoms with Gasteiger partial charge in [0, 0.05) is 24.7 Å². The largest absolute Gasteiger partial charge is 0.482 e. The van der Waals surface area contributed by atoms with Crippen LogP contribution in [0.25, 0.3) is 0 Å². The molecule has 0 aliphatic carbocycles. The van der Waals surface area contributed by atoms with Gasteiger partial charge in [-0.25, -0.2) is 4.79 Å². The van der Waals surface area contributed by atoms with Crippen LogP contribution in [0.2, 0.25) is 0 Å². The number of carbonyl (C=O) groups excluding carboxylic acids is 2. The molecule has 0 atom stereocenters. The van der Waals surface area contributed by atoms with E-state index in [0.717, 1.165) is 0 Å². The van der Waals surface area contributed by atoms with E-state index >= 15 is 0 Å². The monoisotopic (exact) mass is 316 g/mol. The molecule has 0 spiro atoms. The van der Waals surface area contributed by atoms with Crippen LogP contribution in [0.1, 0.15) is 13.3 Å². The Bertz CT molecular complexity index is 454. The zero-order chi connectivity index (χ0) is 14.8. The molecular weight excluding hydrogens is 296 g/mol. The second-order valence-electron chi connectivity index (χ2n) is 4.02. The zero-order valence-corrected chi connectivity index (χ0v) is 13.0. The van der Waals surface area contributed by atoms with Gasteiger partial charge in [-0.2, -0.15) is 0 Å². The number of halogens is 1. The van der Waals surface area contributed by atoms with Crippen molar-refractivity contribution >= 4 is 30.0 Å². The summed E-state index contributed by atoms with van der Waals surface area (Å²) < 4.78 is 10.0. The van der Waals surface area contributed by atoms with Gasteiger partial charge in [-0.05, 0) is 26.1 Å². The molecule has 1 aromatic carbocycles. The number of amides is 1. The van der Waals surface area contributed by atoms with E-state index in [4.69, 9.17) is 9.47 Å². The van der Waals surface area contributed by atoms with E-state index in [0.29, 0.717) is 31.0 Å². The number of rotatable bonds is 8. The molecule has 1 rings (SSSR count). The van der Waals surface area contributed by atoms with Gasteiger partial charge >= 0.3 is 5.97 Å². The number of hydrogen-bond acceptors (Lipinski definition) is 5. The Hall–Kier alpha value is -1.79. The number of nitrogens with one attached hydrogen (secondary N) is 2. The Morgan fingerprint density at radius 1 is 1.29 bits per heavy atom. The first-order chi connectivity index (χ1) is 9.65. The van der Waals surface area contributed by atoms with Crippen LogP contribution < -0.4 is 15.4 Å². The SMILES string of the molecule is CCOC(=O)COc1cccc(NC(=O)CCNC)c1.Cl. The van der Waals surface area contributed by atoms with Gasteiger partial charge < -0.3 is 20.1 Å². The molecule has 0 aliphatic heterocycles. The van der Waals surface area contributed by atoms with Gasteiger partial charge in [0.2, 0.25) is 5.91 Å². The first-order valence-electron chi connectivity index (χ1n) is 6.48. The molecule has 0 unspecified atom stereocenters. The highest BCUT2D eigenvalue weighted by molar-refractivity contribution is 5.91. The zero-order valence-electron chi connectivity index (χ0n) is 12.2. The minimum atomic E-state index is -0.420. The van der Waals surface area contributed by atoms with Crippen molar-refractivity contribution < 1.29 is 19.1 Å². The van der Waals surface area contributed by atoms with Gasteiger partial charge in [-0.15, -0.1) is 12.4 Å². The van der Waals surface area contributed by atoms with Crippen LogP contribution in [-0.4, -0.2) is 38.7 Å². The van der Waals surface area contributed by atoms with Gasteiger partial charge in [0.05, 0.1) is 6.61 Å². The fourth-order valence-electron chi connectivity index (χ4n) is 1.47. The molecule has 0 bridgehead atoms. The molecule has 0 radical (unpaired) electrons. The quantitative estimate of drug-likeness (QED) is 0.712. The number of benzene rings is 1. The summed E-state index contributed by atoms with van der Waals surface area (Å²) in [5, 5.41) is 5.66. The lowest BCUT2D eigenvalue weighted by Crippen LogP contribution is -2.18. The van der Waals surface area contributed by atoms with Gasteiger partial charge in [0.1, 0.15) is 5.75 Å². The van der Waals surface area contributed by atoms with E-state index in [1.807, 2.05) is 0 Å². The molecule has 0 heterocycles. The molecule has 1 amide bonds. The Morgan fingerprint density at radius 2 is 2.05 bits per heavy atom. The summed E-state index contributed by atoms with van der Waals surface area (Å²) in [6, 6.07) is 6.88. The summed E-state index contributed by atoms with van der Waals surface area (Å²) in [4.78, 5) is 22.7. The first-order valence-corrected chi connectivity index (χ1v) is 6.48. The van der Waals surface area contributed by atoms with Crippen molar-refractivity contribution in [2.45, 2.75) is 13.3 Å². The number of hydrogen-bond donors (Lipinski definition) is 2. The molecule has 0 aliphatic rings. The third-order valence-corrected chi connectivity index (χ3v) is 2.38. The molecular formula is C14H21ClN2O4. The average Bonchev–Trinajstić information content (AvgIpc) is 2.44. The average molecular weight is 317 g/mol. The van der Waals surface area contributed by atoms with Gasteiger partial charge in [0.15, 0.2) is 6.61 Å². The van der Waals surface area contributed by atoms with Crippen LogP contribution >= 0.6 is 12.4 Å². The minimum absolute atomic E-state index is 0. The van der Waals surface area contributed by atoms with Gasteiger partial charge in [-0.1, -0.05) is 6.07 Å². The predicted octanol–water partition coefficient (Wildman–Crippen LogP) is 1.60. The van der Waals surface area contributed by atoms with Crippen molar-refractivity contribution in [1.82, 2.24) is 5.32 Å². The van der Waals surface area contributed by atoms with Crippen LogP contribution in [0.5, 0.6) is 5.75 Å². The number of ether oxygens (including phenoxy) is 2. The van der Waals surface area contributed by atoms with Crippen LogP contribution in [0.4, 0.5) is 5.69 Å². The minimum Gasteiger partial charge on any atom is -0.482 e. The van der Waals surface area contributed by atoms with E-state index in [1.54, 1.807) is 38.2 Å². The Kier molecular flexibility index (Phi) is 10.0. The van der Waals surface area contributed by atoms with Crippen molar-refractivity contribution in [3.8, 4) is 5.75 Å². The molecule has 118 valence electrons. The number of esters is 1. The molecule has 0 saturated carbocycles.